The molecule has 0 amide bonds. The highest BCUT2D eigenvalue weighted by Gasteiger charge is 2.38. The molecule has 17 heavy (non-hydrogen) atoms. The van der Waals surface area contributed by atoms with Gasteiger partial charge in [0.25, 0.3) is 0 Å². The quantitative estimate of drug-likeness (QED) is 0.772. The van der Waals surface area contributed by atoms with Crippen molar-refractivity contribution in [3.63, 3.8) is 0 Å². The molecule has 2 heteroatoms. The molecule has 2 atom stereocenters. The van der Waals surface area contributed by atoms with Crippen LogP contribution in [0.15, 0.2) is 0 Å². The van der Waals surface area contributed by atoms with Crippen molar-refractivity contribution in [2.24, 2.45) is 17.6 Å². The van der Waals surface area contributed by atoms with Crippen LogP contribution in [0.3, 0.4) is 0 Å². The number of rotatable bonds is 6. The van der Waals surface area contributed by atoms with Crippen molar-refractivity contribution >= 4 is 0 Å². The minimum atomic E-state index is 0.304. The van der Waals surface area contributed by atoms with Crippen LogP contribution in [0.4, 0.5) is 0 Å². The van der Waals surface area contributed by atoms with Crippen molar-refractivity contribution in [2.75, 3.05) is 19.6 Å². The number of nitrogens with two attached hydrogens (primary N) is 1. The van der Waals surface area contributed by atoms with E-state index < -0.39 is 0 Å². The van der Waals surface area contributed by atoms with Crippen molar-refractivity contribution in [2.45, 2.75) is 65.3 Å². The Kier molecular flexibility index (Phi) is 5.94. The molecule has 1 saturated carbocycles. The molecule has 0 heterocycles. The largest absolute Gasteiger partial charge is 0.329 e. The molecule has 2 unspecified atom stereocenters. The Hall–Kier alpha value is -0.0800. The second-order valence-corrected chi connectivity index (χ2v) is 6.47. The predicted molar refractivity (Wildman–Crippen MR) is 76.1 cm³/mol. The van der Waals surface area contributed by atoms with E-state index in [2.05, 4.69) is 32.6 Å². The molecule has 0 aromatic carbocycles. The maximum absolute atomic E-state index is 6.17. The van der Waals surface area contributed by atoms with E-state index in [-0.39, 0.29) is 0 Å². The monoisotopic (exact) mass is 240 g/mol. The smallest absolute Gasteiger partial charge is 0.0334 e. The standard InChI is InChI=1S/C15H32N2/c1-5-9-17(11-13(2)3)15(12-16)8-6-7-14(4)10-15/h13-14H,5-12,16H2,1-4H3. The van der Waals surface area contributed by atoms with Gasteiger partial charge in [-0.3, -0.25) is 4.90 Å². The molecule has 2 N–H and O–H groups in total. The third kappa shape index (κ3) is 3.96. The maximum Gasteiger partial charge on any atom is 0.0334 e. The molecule has 102 valence electrons. The fraction of sp³-hybridized carbons (Fsp3) is 1.00. The summed E-state index contributed by atoms with van der Waals surface area (Å²) in [6.07, 6.45) is 6.60. The lowest BCUT2D eigenvalue weighted by molar-refractivity contribution is 0.0299. The van der Waals surface area contributed by atoms with E-state index >= 15 is 0 Å². The molecule has 1 fully saturated rings. The number of hydrogen-bond acceptors (Lipinski definition) is 2. The van der Waals surface area contributed by atoms with Crippen LogP contribution in [0.1, 0.15) is 59.8 Å². The summed E-state index contributed by atoms with van der Waals surface area (Å²) in [5, 5.41) is 0. The summed E-state index contributed by atoms with van der Waals surface area (Å²) >= 11 is 0. The van der Waals surface area contributed by atoms with Crippen molar-refractivity contribution < 1.29 is 0 Å². The second-order valence-electron chi connectivity index (χ2n) is 6.47. The van der Waals surface area contributed by atoms with E-state index in [1.165, 1.54) is 45.2 Å². The Morgan fingerprint density at radius 1 is 1.41 bits per heavy atom. The Morgan fingerprint density at radius 3 is 2.59 bits per heavy atom. The summed E-state index contributed by atoms with van der Waals surface area (Å²) in [7, 11) is 0. The van der Waals surface area contributed by atoms with Crippen LogP contribution in [-0.4, -0.2) is 30.1 Å². The highest BCUT2D eigenvalue weighted by atomic mass is 15.2. The molecule has 0 aromatic rings. The van der Waals surface area contributed by atoms with Crippen LogP contribution < -0.4 is 5.73 Å². The Morgan fingerprint density at radius 2 is 2.12 bits per heavy atom. The zero-order valence-electron chi connectivity index (χ0n) is 12.3. The summed E-state index contributed by atoms with van der Waals surface area (Å²) < 4.78 is 0. The van der Waals surface area contributed by atoms with Gasteiger partial charge in [-0.15, -0.1) is 0 Å². The van der Waals surface area contributed by atoms with Gasteiger partial charge < -0.3 is 5.73 Å². The van der Waals surface area contributed by atoms with Gasteiger partial charge in [-0.25, -0.2) is 0 Å². The molecule has 0 radical (unpaired) electrons. The van der Waals surface area contributed by atoms with E-state index in [9.17, 15) is 0 Å². The van der Waals surface area contributed by atoms with Gasteiger partial charge in [0.15, 0.2) is 0 Å². The first-order chi connectivity index (χ1) is 8.04. The molecule has 0 aromatic heterocycles. The van der Waals surface area contributed by atoms with Gasteiger partial charge in [0.05, 0.1) is 0 Å². The number of nitrogens with zero attached hydrogens (tertiary/aromatic N) is 1. The Bertz CT molecular complexity index is 215. The van der Waals surface area contributed by atoms with Crippen molar-refractivity contribution in [3.05, 3.63) is 0 Å². The normalized spacial score (nSPS) is 30.2. The zero-order chi connectivity index (χ0) is 12.9. The van der Waals surface area contributed by atoms with Crippen molar-refractivity contribution in [3.8, 4) is 0 Å². The van der Waals surface area contributed by atoms with Gasteiger partial charge in [0.1, 0.15) is 0 Å². The van der Waals surface area contributed by atoms with Gasteiger partial charge in [-0.2, -0.15) is 0 Å². The molecule has 0 aliphatic heterocycles. The maximum atomic E-state index is 6.17. The highest BCUT2D eigenvalue weighted by Crippen LogP contribution is 2.36. The van der Waals surface area contributed by atoms with Crippen molar-refractivity contribution in [1.82, 2.24) is 4.90 Å². The fourth-order valence-electron chi connectivity index (χ4n) is 3.47. The molecule has 1 aliphatic rings. The van der Waals surface area contributed by atoms with Crippen LogP contribution in [0, 0.1) is 11.8 Å². The van der Waals surface area contributed by atoms with Gasteiger partial charge in [0, 0.05) is 18.6 Å². The SMILES string of the molecule is CCCN(CC(C)C)C1(CN)CCCC(C)C1. The lowest BCUT2D eigenvalue weighted by Gasteiger charge is -2.48. The highest BCUT2D eigenvalue weighted by molar-refractivity contribution is 4.96. The molecule has 2 nitrogen and oxygen atoms in total. The van der Waals surface area contributed by atoms with Gasteiger partial charge in [-0.1, -0.05) is 40.5 Å². The second kappa shape index (κ2) is 6.75. The summed E-state index contributed by atoms with van der Waals surface area (Å²) in [4.78, 5) is 2.70. The first kappa shape index (κ1) is 15.0. The lowest BCUT2D eigenvalue weighted by atomic mass is 9.75. The van der Waals surface area contributed by atoms with E-state index in [0.717, 1.165) is 18.4 Å². The Labute approximate surface area is 108 Å². The van der Waals surface area contributed by atoms with Crippen LogP contribution in [0.5, 0.6) is 0 Å². The van der Waals surface area contributed by atoms with Gasteiger partial charge >= 0.3 is 0 Å². The van der Waals surface area contributed by atoms with E-state index in [0.29, 0.717) is 5.54 Å². The first-order valence-corrected chi connectivity index (χ1v) is 7.49. The van der Waals surface area contributed by atoms with Gasteiger partial charge in [0.2, 0.25) is 0 Å². The predicted octanol–water partition coefficient (Wildman–Crippen LogP) is 3.26. The van der Waals surface area contributed by atoms with Gasteiger partial charge in [-0.05, 0) is 37.6 Å². The minimum absolute atomic E-state index is 0.304. The molecule has 0 bridgehead atoms. The summed E-state index contributed by atoms with van der Waals surface area (Å²) in [6, 6.07) is 0. The molecule has 1 aliphatic carbocycles. The van der Waals surface area contributed by atoms with Crippen LogP contribution >= 0.6 is 0 Å². The molecule has 1 rings (SSSR count). The fourth-order valence-corrected chi connectivity index (χ4v) is 3.47. The third-order valence-corrected chi connectivity index (χ3v) is 4.20. The summed E-state index contributed by atoms with van der Waals surface area (Å²) in [5.74, 6) is 1.58. The summed E-state index contributed by atoms with van der Waals surface area (Å²) in [5.41, 5.74) is 6.47. The zero-order valence-corrected chi connectivity index (χ0v) is 12.3. The molecular weight excluding hydrogens is 208 g/mol. The minimum Gasteiger partial charge on any atom is -0.329 e. The number of hydrogen-bond donors (Lipinski definition) is 1. The van der Waals surface area contributed by atoms with E-state index in [1.54, 1.807) is 0 Å². The third-order valence-electron chi connectivity index (χ3n) is 4.20. The molecule has 0 saturated heterocycles. The lowest BCUT2D eigenvalue weighted by Crippen LogP contribution is -2.57. The molecule has 0 spiro atoms. The Balaban J connectivity index is 2.77. The average molecular weight is 240 g/mol. The summed E-state index contributed by atoms with van der Waals surface area (Å²) in [6.45, 7) is 12.6. The first-order valence-electron chi connectivity index (χ1n) is 7.49. The van der Waals surface area contributed by atoms with Crippen molar-refractivity contribution in [1.29, 1.82) is 0 Å². The topological polar surface area (TPSA) is 29.3 Å². The van der Waals surface area contributed by atoms with Crippen LogP contribution in [-0.2, 0) is 0 Å². The van der Waals surface area contributed by atoms with E-state index in [4.69, 9.17) is 5.73 Å². The van der Waals surface area contributed by atoms with Crippen LogP contribution in [0.2, 0.25) is 0 Å². The average Bonchev–Trinajstić information content (AvgIpc) is 2.28. The van der Waals surface area contributed by atoms with E-state index in [1.807, 2.05) is 0 Å². The molecular formula is C15H32N2. The van der Waals surface area contributed by atoms with Crippen LogP contribution in [0.25, 0.3) is 0 Å².